The average Bonchev–Trinajstić information content (AvgIpc) is 2.48. The Hall–Kier alpha value is -1.71. The van der Waals surface area contributed by atoms with E-state index in [1.165, 1.54) is 0 Å². The summed E-state index contributed by atoms with van der Waals surface area (Å²) in [6, 6.07) is 13.2. The zero-order valence-corrected chi connectivity index (χ0v) is 13.1. The van der Waals surface area contributed by atoms with Gasteiger partial charge in [0.25, 0.3) is 0 Å². The molecule has 0 bridgehead atoms. The molecule has 0 unspecified atom stereocenters. The lowest BCUT2D eigenvalue weighted by Crippen LogP contribution is -2.29. The lowest BCUT2D eigenvalue weighted by atomic mass is 10.1. The maximum Gasteiger partial charge on any atom is 0.239 e. The van der Waals surface area contributed by atoms with Gasteiger partial charge in [-0.15, -0.1) is 0 Å². The van der Waals surface area contributed by atoms with E-state index in [1.54, 1.807) is 18.2 Å². The predicted molar refractivity (Wildman–Crippen MR) is 88.0 cm³/mol. The third-order valence-electron chi connectivity index (χ3n) is 3.13. The Kier molecular flexibility index (Phi) is 5.48. The number of hydrogen-bond acceptors (Lipinski definition) is 2. The maximum atomic E-state index is 11.8. The minimum Gasteiger partial charge on any atom is -0.375 e. The van der Waals surface area contributed by atoms with E-state index in [4.69, 9.17) is 23.2 Å². The average molecular weight is 323 g/mol. The van der Waals surface area contributed by atoms with Crippen molar-refractivity contribution in [2.45, 2.75) is 13.5 Å². The quantitative estimate of drug-likeness (QED) is 0.872. The van der Waals surface area contributed by atoms with E-state index in [0.29, 0.717) is 22.3 Å². The molecule has 0 saturated heterocycles. The van der Waals surface area contributed by atoms with Gasteiger partial charge in [0.15, 0.2) is 0 Å². The normalized spacial score (nSPS) is 10.2. The molecule has 3 nitrogen and oxygen atoms in total. The van der Waals surface area contributed by atoms with Crippen LogP contribution in [-0.4, -0.2) is 12.5 Å². The smallest absolute Gasteiger partial charge is 0.239 e. The fourth-order valence-electron chi connectivity index (χ4n) is 1.88. The standard InChI is InChI=1S/C16H16Cl2N2O/c1-11-5-2-3-6-12(11)9-20-15(21)10-19-14-8-4-7-13(17)16(14)18/h2-8,19H,9-10H2,1H3,(H,20,21). The molecular formula is C16H16Cl2N2O. The Morgan fingerprint density at radius 1 is 1.10 bits per heavy atom. The summed E-state index contributed by atoms with van der Waals surface area (Å²) >= 11 is 12.0. The molecule has 0 radical (unpaired) electrons. The molecular weight excluding hydrogens is 307 g/mol. The van der Waals surface area contributed by atoms with Crippen LogP contribution in [0.2, 0.25) is 10.0 Å². The highest BCUT2D eigenvalue weighted by Gasteiger charge is 2.06. The van der Waals surface area contributed by atoms with Crippen molar-refractivity contribution in [3.8, 4) is 0 Å². The topological polar surface area (TPSA) is 41.1 Å². The minimum atomic E-state index is -0.103. The van der Waals surface area contributed by atoms with Gasteiger partial charge in [0.2, 0.25) is 5.91 Å². The highest BCUT2D eigenvalue weighted by Crippen LogP contribution is 2.29. The Balaban J connectivity index is 1.85. The lowest BCUT2D eigenvalue weighted by molar-refractivity contribution is -0.119. The summed E-state index contributed by atoms with van der Waals surface area (Å²) in [4.78, 5) is 11.8. The van der Waals surface area contributed by atoms with Crippen LogP contribution < -0.4 is 10.6 Å². The van der Waals surface area contributed by atoms with Crippen molar-refractivity contribution in [2.24, 2.45) is 0 Å². The van der Waals surface area contributed by atoms with Crippen LogP contribution in [0, 0.1) is 6.92 Å². The highest BCUT2D eigenvalue weighted by atomic mass is 35.5. The van der Waals surface area contributed by atoms with Crippen molar-refractivity contribution in [1.29, 1.82) is 0 Å². The van der Waals surface area contributed by atoms with E-state index in [0.717, 1.165) is 11.1 Å². The van der Waals surface area contributed by atoms with Crippen molar-refractivity contribution in [3.05, 3.63) is 63.6 Å². The first-order valence-corrected chi connectivity index (χ1v) is 7.32. The van der Waals surface area contributed by atoms with E-state index in [9.17, 15) is 4.79 Å². The largest absolute Gasteiger partial charge is 0.375 e. The Morgan fingerprint density at radius 2 is 1.86 bits per heavy atom. The monoisotopic (exact) mass is 322 g/mol. The summed E-state index contributed by atoms with van der Waals surface area (Å²) in [5, 5.41) is 6.72. The van der Waals surface area contributed by atoms with Crippen LogP contribution in [0.15, 0.2) is 42.5 Å². The van der Waals surface area contributed by atoms with Crippen LogP contribution in [0.4, 0.5) is 5.69 Å². The maximum absolute atomic E-state index is 11.8. The first kappa shape index (κ1) is 15.7. The summed E-state index contributed by atoms with van der Waals surface area (Å²) in [5.41, 5.74) is 2.91. The van der Waals surface area contributed by atoms with Gasteiger partial charge in [-0.2, -0.15) is 0 Å². The predicted octanol–water partition coefficient (Wildman–Crippen LogP) is 4.03. The molecule has 2 aromatic carbocycles. The number of carbonyl (C=O) groups is 1. The molecule has 2 rings (SSSR count). The zero-order valence-electron chi connectivity index (χ0n) is 11.6. The molecule has 0 heterocycles. The molecule has 0 atom stereocenters. The molecule has 1 amide bonds. The number of carbonyl (C=O) groups excluding carboxylic acids is 1. The summed E-state index contributed by atoms with van der Waals surface area (Å²) in [6.45, 7) is 2.67. The van der Waals surface area contributed by atoms with E-state index in [2.05, 4.69) is 10.6 Å². The minimum absolute atomic E-state index is 0.103. The van der Waals surface area contributed by atoms with Crippen LogP contribution in [0.1, 0.15) is 11.1 Å². The summed E-state index contributed by atoms with van der Waals surface area (Å²) in [7, 11) is 0. The molecule has 2 aromatic rings. The first-order valence-electron chi connectivity index (χ1n) is 6.57. The van der Waals surface area contributed by atoms with Crippen molar-refractivity contribution < 1.29 is 4.79 Å². The molecule has 0 fully saturated rings. The van der Waals surface area contributed by atoms with Gasteiger partial charge < -0.3 is 10.6 Å². The highest BCUT2D eigenvalue weighted by molar-refractivity contribution is 6.43. The molecule has 2 N–H and O–H groups in total. The summed E-state index contributed by atoms with van der Waals surface area (Å²) in [5.74, 6) is -0.103. The summed E-state index contributed by atoms with van der Waals surface area (Å²) in [6.07, 6.45) is 0. The zero-order chi connectivity index (χ0) is 15.2. The van der Waals surface area contributed by atoms with Gasteiger partial charge in [-0.1, -0.05) is 53.5 Å². The van der Waals surface area contributed by atoms with Crippen LogP contribution >= 0.6 is 23.2 Å². The van der Waals surface area contributed by atoms with Gasteiger partial charge >= 0.3 is 0 Å². The number of hydrogen-bond donors (Lipinski definition) is 2. The lowest BCUT2D eigenvalue weighted by Gasteiger charge is -2.11. The number of halogens is 2. The molecule has 0 saturated carbocycles. The van der Waals surface area contributed by atoms with Gasteiger partial charge in [0.05, 0.1) is 22.3 Å². The number of nitrogens with one attached hydrogen (secondary N) is 2. The number of benzene rings is 2. The Morgan fingerprint density at radius 3 is 2.62 bits per heavy atom. The van der Waals surface area contributed by atoms with Gasteiger partial charge in [-0.25, -0.2) is 0 Å². The SMILES string of the molecule is Cc1ccccc1CNC(=O)CNc1cccc(Cl)c1Cl. The molecule has 0 spiro atoms. The second-order valence-corrected chi connectivity index (χ2v) is 5.44. The van der Waals surface area contributed by atoms with E-state index < -0.39 is 0 Å². The van der Waals surface area contributed by atoms with Gasteiger partial charge in [-0.3, -0.25) is 4.79 Å². The molecule has 0 aromatic heterocycles. The molecule has 21 heavy (non-hydrogen) atoms. The van der Waals surface area contributed by atoms with Gasteiger partial charge in [0, 0.05) is 6.54 Å². The second-order valence-electron chi connectivity index (χ2n) is 4.66. The van der Waals surface area contributed by atoms with Crippen LogP contribution in [-0.2, 0) is 11.3 Å². The number of rotatable bonds is 5. The van der Waals surface area contributed by atoms with Crippen molar-refractivity contribution in [2.75, 3.05) is 11.9 Å². The summed E-state index contributed by atoms with van der Waals surface area (Å²) < 4.78 is 0. The Labute approximate surface area is 134 Å². The molecule has 0 aliphatic rings. The first-order chi connectivity index (χ1) is 10.1. The van der Waals surface area contributed by atoms with Gasteiger partial charge in [-0.05, 0) is 30.2 Å². The van der Waals surface area contributed by atoms with Crippen molar-refractivity contribution in [3.63, 3.8) is 0 Å². The van der Waals surface area contributed by atoms with E-state index >= 15 is 0 Å². The number of aryl methyl sites for hydroxylation is 1. The third kappa shape index (κ3) is 4.38. The van der Waals surface area contributed by atoms with E-state index in [-0.39, 0.29) is 12.5 Å². The molecule has 0 aliphatic heterocycles. The fourth-order valence-corrected chi connectivity index (χ4v) is 2.25. The van der Waals surface area contributed by atoms with Crippen LogP contribution in [0.25, 0.3) is 0 Å². The van der Waals surface area contributed by atoms with Crippen LogP contribution in [0.3, 0.4) is 0 Å². The van der Waals surface area contributed by atoms with Gasteiger partial charge in [0.1, 0.15) is 0 Å². The second kappa shape index (κ2) is 7.34. The molecule has 110 valence electrons. The third-order valence-corrected chi connectivity index (χ3v) is 3.95. The molecule has 0 aliphatic carbocycles. The molecule has 5 heteroatoms. The van der Waals surface area contributed by atoms with Crippen LogP contribution in [0.5, 0.6) is 0 Å². The van der Waals surface area contributed by atoms with Crippen molar-refractivity contribution >= 4 is 34.8 Å². The fraction of sp³-hybridized carbons (Fsp3) is 0.188. The van der Waals surface area contributed by atoms with E-state index in [1.807, 2.05) is 31.2 Å². The number of anilines is 1. The Bertz CT molecular complexity index is 644. The van der Waals surface area contributed by atoms with Crippen molar-refractivity contribution in [1.82, 2.24) is 5.32 Å². The number of amides is 1.